The SMILES string of the molecule is C=C(CCC(=O)OCC)OOCCOC(=O)C(C)(C)CF. The molecule has 0 fully saturated rings. The maximum Gasteiger partial charge on any atom is 0.314 e. The zero-order valence-corrected chi connectivity index (χ0v) is 12.8. The first-order valence-corrected chi connectivity index (χ1v) is 6.69. The molecule has 0 aliphatic carbocycles. The third-order valence-corrected chi connectivity index (χ3v) is 2.38. The van der Waals surface area contributed by atoms with Gasteiger partial charge in [-0.15, -0.1) is 0 Å². The van der Waals surface area contributed by atoms with Crippen molar-refractivity contribution in [1.82, 2.24) is 0 Å². The predicted molar refractivity (Wildman–Crippen MR) is 72.8 cm³/mol. The molecule has 0 bridgehead atoms. The van der Waals surface area contributed by atoms with E-state index in [4.69, 9.17) is 19.2 Å². The normalized spacial score (nSPS) is 10.9. The Balaban J connectivity index is 3.65. The topological polar surface area (TPSA) is 71.1 Å². The molecule has 21 heavy (non-hydrogen) atoms. The van der Waals surface area contributed by atoms with Gasteiger partial charge >= 0.3 is 11.9 Å². The van der Waals surface area contributed by atoms with Crippen molar-refractivity contribution in [2.24, 2.45) is 5.41 Å². The molecular weight excluding hydrogens is 283 g/mol. The van der Waals surface area contributed by atoms with Crippen LogP contribution >= 0.6 is 0 Å². The van der Waals surface area contributed by atoms with E-state index in [-0.39, 0.29) is 37.8 Å². The molecule has 0 saturated heterocycles. The van der Waals surface area contributed by atoms with E-state index in [0.29, 0.717) is 6.61 Å². The van der Waals surface area contributed by atoms with Gasteiger partial charge < -0.3 is 14.4 Å². The van der Waals surface area contributed by atoms with E-state index in [1.54, 1.807) is 6.92 Å². The third kappa shape index (κ3) is 9.01. The molecule has 0 saturated carbocycles. The molecule has 0 amide bonds. The lowest BCUT2D eigenvalue weighted by molar-refractivity contribution is -0.268. The summed E-state index contributed by atoms with van der Waals surface area (Å²) in [4.78, 5) is 32.0. The van der Waals surface area contributed by atoms with Crippen molar-refractivity contribution in [3.8, 4) is 0 Å². The molecule has 0 aromatic carbocycles. The summed E-state index contributed by atoms with van der Waals surface area (Å²) in [7, 11) is 0. The van der Waals surface area contributed by atoms with Crippen LogP contribution in [0.5, 0.6) is 0 Å². The number of halogens is 1. The third-order valence-electron chi connectivity index (χ3n) is 2.38. The van der Waals surface area contributed by atoms with Crippen LogP contribution in [-0.2, 0) is 28.8 Å². The Bertz CT molecular complexity index is 353. The van der Waals surface area contributed by atoms with Gasteiger partial charge in [0.25, 0.3) is 0 Å². The lowest BCUT2D eigenvalue weighted by Crippen LogP contribution is -2.29. The molecule has 0 unspecified atom stereocenters. The Kier molecular flexibility index (Phi) is 9.36. The van der Waals surface area contributed by atoms with Gasteiger partial charge in [-0.3, -0.25) is 9.59 Å². The number of carbonyl (C=O) groups excluding carboxylic acids is 2. The van der Waals surface area contributed by atoms with Gasteiger partial charge in [0.15, 0.2) is 0 Å². The minimum Gasteiger partial charge on any atom is -0.466 e. The fraction of sp³-hybridized carbons (Fsp3) is 0.714. The molecule has 122 valence electrons. The van der Waals surface area contributed by atoms with Crippen molar-refractivity contribution in [1.29, 1.82) is 0 Å². The van der Waals surface area contributed by atoms with Crippen LogP contribution in [0.1, 0.15) is 33.6 Å². The Morgan fingerprint density at radius 1 is 1.14 bits per heavy atom. The van der Waals surface area contributed by atoms with Crippen LogP contribution in [0.25, 0.3) is 0 Å². The lowest BCUT2D eigenvalue weighted by atomic mass is 9.96. The highest BCUT2D eigenvalue weighted by atomic mass is 19.1. The maximum atomic E-state index is 12.5. The maximum absolute atomic E-state index is 12.5. The Morgan fingerprint density at radius 2 is 1.81 bits per heavy atom. The van der Waals surface area contributed by atoms with Crippen LogP contribution in [-0.4, -0.2) is 38.4 Å². The van der Waals surface area contributed by atoms with Gasteiger partial charge in [0.2, 0.25) is 0 Å². The van der Waals surface area contributed by atoms with Crippen LogP contribution in [0.2, 0.25) is 0 Å². The van der Waals surface area contributed by atoms with E-state index in [0.717, 1.165) is 0 Å². The van der Waals surface area contributed by atoms with Crippen LogP contribution in [0.3, 0.4) is 0 Å². The van der Waals surface area contributed by atoms with Gasteiger partial charge in [-0.1, -0.05) is 6.58 Å². The average Bonchev–Trinajstić information content (AvgIpc) is 2.44. The first kappa shape index (κ1) is 19.4. The van der Waals surface area contributed by atoms with Crippen molar-refractivity contribution in [2.75, 3.05) is 26.5 Å². The number of hydrogen-bond donors (Lipinski definition) is 0. The van der Waals surface area contributed by atoms with Crippen molar-refractivity contribution >= 4 is 11.9 Å². The molecule has 0 rings (SSSR count). The van der Waals surface area contributed by atoms with Crippen molar-refractivity contribution in [3.63, 3.8) is 0 Å². The quantitative estimate of drug-likeness (QED) is 0.192. The van der Waals surface area contributed by atoms with Gasteiger partial charge in [-0.2, -0.15) is 4.89 Å². The van der Waals surface area contributed by atoms with E-state index in [1.165, 1.54) is 13.8 Å². The number of ether oxygens (including phenoxy) is 2. The second-order valence-corrected chi connectivity index (χ2v) is 4.90. The highest BCUT2D eigenvalue weighted by Crippen LogP contribution is 2.17. The summed E-state index contributed by atoms with van der Waals surface area (Å²) in [5.74, 6) is -0.724. The first-order valence-electron chi connectivity index (χ1n) is 6.69. The minimum atomic E-state index is -1.16. The number of alkyl halides is 1. The summed E-state index contributed by atoms with van der Waals surface area (Å²) in [6.07, 6.45) is 0.420. The number of carbonyl (C=O) groups is 2. The number of esters is 2. The van der Waals surface area contributed by atoms with Gasteiger partial charge in [0.1, 0.15) is 25.6 Å². The molecular formula is C14H23FO6. The lowest BCUT2D eigenvalue weighted by Gasteiger charge is -2.18. The molecule has 0 aliphatic heterocycles. The van der Waals surface area contributed by atoms with E-state index in [9.17, 15) is 14.0 Å². The second-order valence-electron chi connectivity index (χ2n) is 4.90. The smallest absolute Gasteiger partial charge is 0.314 e. The number of allylic oxidation sites excluding steroid dienone is 1. The van der Waals surface area contributed by atoms with Crippen molar-refractivity contribution in [2.45, 2.75) is 33.6 Å². The van der Waals surface area contributed by atoms with Crippen LogP contribution in [0.15, 0.2) is 12.3 Å². The zero-order valence-electron chi connectivity index (χ0n) is 12.8. The van der Waals surface area contributed by atoms with Crippen molar-refractivity contribution in [3.05, 3.63) is 12.3 Å². The van der Waals surface area contributed by atoms with Crippen LogP contribution in [0.4, 0.5) is 4.39 Å². The Labute approximate surface area is 124 Å². The summed E-state index contributed by atoms with van der Waals surface area (Å²) in [5, 5.41) is 0. The highest BCUT2D eigenvalue weighted by molar-refractivity contribution is 5.76. The average molecular weight is 306 g/mol. The highest BCUT2D eigenvalue weighted by Gasteiger charge is 2.29. The predicted octanol–water partition coefficient (Wildman–Crippen LogP) is 2.33. The summed E-state index contributed by atoms with van der Waals surface area (Å²) in [6.45, 7) is 7.62. The Morgan fingerprint density at radius 3 is 2.38 bits per heavy atom. The molecule has 0 atom stereocenters. The van der Waals surface area contributed by atoms with E-state index in [2.05, 4.69) is 6.58 Å². The molecule has 0 aromatic rings. The monoisotopic (exact) mass is 306 g/mol. The zero-order chi connectivity index (χ0) is 16.3. The molecule has 0 radical (unpaired) electrons. The number of hydrogen-bond acceptors (Lipinski definition) is 6. The summed E-state index contributed by atoms with van der Waals surface area (Å²) in [6, 6.07) is 0. The fourth-order valence-electron chi connectivity index (χ4n) is 1.06. The standard InChI is InChI=1S/C14H23FO6/c1-5-18-12(16)7-6-11(2)21-20-9-8-19-13(17)14(3,4)10-15/h2,5-10H2,1,3-4H3. The molecule has 0 spiro atoms. The van der Waals surface area contributed by atoms with E-state index >= 15 is 0 Å². The van der Waals surface area contributed by atoms with E-state index in [1.807, 2.05) is 0 Å². The summed E-state index contributed by atoms with van der Waals surface area (Å²) < 4.78 is 22.1. The van der Waals surface area contributed by atoms with Gasteiger partial charge in [-0.25, -0.2) is 4.39 Å². The fourth-order valence-corrected chi connectivity index (χ4v) is 1.06. The molecule has 6 nitrogen and oxygen atoms in total. The van der Waals surface area contributed by atoms with E-state index < -0.39 is 18.1 Å². The largest absolute Gasteiger partial charge is 0.466 e. The molecule has 0 aromatic heterocycles. The van der Waals surface area contributed by atoms with Crippen LogP contribution in [0, 0.1) is 5.41 Å². The first-order chi connectivity index (χ1) is 9.83. The van der Waals surface area contributed by atoms with Gasteiger partial charge in [0.05, 0.1) is 18.4 Å². The van der Waals surface area contributed by atoms with Crippen molar-refractivity contribution < 1.29 is 33.2 Å². The molecule has 0 aliphatic rings. The summed E-state index contributed by atoms with van der Waals surface area (Å²) >= 11 is 0. The molecule has 0 heterocycles. The summed E-state index contributed by atoms with van der Waals surface area (Å²) in [5.41, 5.74) is -1.16. The van der Waals surface area contributed by atoms with Gasteiger partial charge in [-0.05, 0) is 20.8 Å². The van der Waals surface area contributed by atoms with Crippen LogP contribution < -0.4 is 0 Å². The second kappa shape index (κ2) is 10.1. The molecule has 0 N–H and O–H groups in total. The number of rotatable bonds is 11. The molecule has 7 heteroatoms. The minimum absolute atomic E-state index is 0.0213. The van der Waals surface area contributed by atoms with Gasteiger partial charge in [0, 0.05) is 6.42 Å². The Hall–Kier alpha value is -1.63.